The Morgan fingerprint density at radius 1 is 1.12 bits per heavy atom. The number of fused-ring (bicyclic) bond motifs is 1. The van der Waals surface area contributed by atoms with Crippen LogP contribution in [-0.2, 0) is 23.9 Å². The first-order chi connectivity index (χ1) is 15.3. The number of hydrogen-bond acceptors (Lipinski definition) is 9. The fourth-order valence-corrected chi connectivity index (χ4v) is 3.59. The van der Waals surface area contributed by atoms with Crippen molar-refractivity contribution in [3.8, 4) is 6.07 Å². The molecule has 1 aromatic carbocycles. The number of ether oxygens (including phenoxy) is 2. The third-order valence-electron chi connectivity index (χ3n) is 4.02. The fourth-order valence-electron chi connectivity index (χ4n) is 2.79. The van der Waals surface area contributed by atoms with E-state index in [1.165, 1.54) is 11.3 Å². The van der Waals surface area contributed by atoms with Gasteiger partial charge in [0.25, 0.3) is 0 Å². The average molecular weight is 475 g/mol. The maximum atomic E-state index is 12.6. The largest absolute Gasteiger partial charge is 0.460 e. The summed E-state index contributed by atoms with van der Waals surface area (Å²) < 4.78 is 11.5. The predicted molar refractivity (Wildman–Crippen MR) is 126 cm³/mol. The molecule has 33 heavy (non-hydrogen) atoms. The number of esters is 2. The molecule has 2 N–H and O–H groups in total. The van der Waals surface area contributed by atoms with Crippen LogP contribution in [-0.4, -0.2) is 46.6 Å². The highest BCUT2D eigenvalue weighted by atomic mass is 32.1. The molecular formula is C23H30N4O5S. The maximum Gasteiger partial charge on any atom is 0.329 e. The normalized spacial score (nSPS) is 12.5. The van der Waals surface area contributed by atoms with Crippen LogP contribution in [0.5, 0.6) is 0 Å². The first kappa shape index (κ1) is 26.1. The summed E-state index contributed by atoms with van der Waals surface area (Å²) in [5, 5.41) is 15.0. The standard InChI is InChI=1S/C23H30N4O5S/c1-22(2,3)31-20(29)10-9-16(21(30)32-23(4,5)6)26-18(28)13-25-14-7-8-15-17(11-14)33-19(12-24)27-15/h7-8,11,16,25H,9-10,13H2,1-6H3,(H,26,28). The fraction of sp³-hybridized carbons (Fsp3) is 0.522. The third-order valence-corrected chi connectivity index (χ3v) is 4.94. The molecule has 0 radical (unpaired) electrons. The summed E-state index contributed by atoms with van der Waals surface area (Å²) in [5.74, 6) is -1.51. The number of anilines is 1. The number of nitriles is 1. The van der Waals surface area contributed by atoms with E-state index in [0.29, 0.717) is 16.2 Å². The first-order valence-corrected chi connectivity index (χ1v) is 11.4. The molecule has 0 bridgehead atoms. The van der Waals surface area contributed by atoms with Crippen LogP contribution in [0.1, 0.15) is 59.4 Å². The number of hydrogen-bond donors (Lipinski definition) is 2. The number of thiazole rings is 1. The molecule has 10 heteroatoms. The van der Waals surface area contributed by atoms with Gasteiger partial charge in [-0.2, -0.15) is 5.26 Å². The summed E-state index contributed by atoms with van der Waals surface area (Å²) >= 11 is 1.26. The number of carbonyl (C=O) groups is 3. The number of nitrogens with zero attached hydrogens (tertiary/aromatic N) is 2. The van der Waals surface area contributed by atoms with Crippen molar-refractivity contribution in [2.45, 2.75) is 71.6 Å². The van der Waals surface area contributed by atoms with Gasteiger partial charge in [0.05, 0.1) is 16.8 Å². The molecule has 0 spiro atoms. The van der Waals surface area contributed by atoms with Crippen molar-refractivity contribution in [3.63, 3.8) is 0 Å². The minimum absolute atomic E-state index is 0.0435. The lowest BCUT2D eigenvalue weighted by Crippen LogP contribution is -2.46. The van der Waals surface area contributed by atoms with Gasteiger partial charge in [-0.15, -0.1) is 11.3 Å². The molecule has 2 rings (SSSR count). The van der Waals surface area contributed by atoms with Crippen molar-refractivity contribution in [2.75, 3.05) is 11.9 Å². The Kier molecular flexibility index (Phi) is 8.39. The summed E-state index contributed by atoms with van der Waals surface area (Å²) in [6.45, 7) is 10.4. The van der Waals surface area contributed by atoms with Crippen LogP contribution in [0.2, 0.25) is 0 Å². The average Bonchev–Trinajstić information content (AvgIpc) is 3.09. The molecular weight excluding hydrogens is 444 g/mol. The zero-order valence-corrected chi connectivity index (χ0v) is 20.6. The van der Waals surface area contributed by atoms with Gasteiger partial charge in [-0.1, -0.05) is 0 Å². The van der Waals surface area contributed by atoms with Crippen LogP contribution in [0.3, 0.4) is 0 Å². The van der Waals surface area contributed by atoms with E-state index >= 15 is 0 Å². The third kappa shape index (κ3) is 9.06. The quantitative estimate of drug-likeness (QED) is 0.556. The van der Waals surface area contributed by atoms with Crippen LogP contribution in [0.25, 0.3) is 10.2 Å². The Hall–Kier alpha value is -3.19. The smallest absolute Gasteiger partial charge is 0.329 e. The molecule has 1 unspecified atom stereocenters. The van der Waals surface area contributed by atoms with E-state index in [0.717, 1.165) is 4.70 Å². The molecule has 1 heterocycles. The maximum absolute atomic E-state index is 12.6. The second-order valence-corrected chi connectivity index (χ2v) is 10.5. The molecule has 0 aliphatic rings. The second kappa shape index (κ2) is 10.6. The van der Waals surface area contributed by atoms with E-state index in [-0.39, 0.29) is 19.4 Å². The number of aromatic nitrogens is 1. The Bertz CT molecular complexity index is 1060. The second-order valence-electron chi connectivity index (χ2n) is 9.45. The summed E-state index contributed by atoms with van der Waals surface area (Å²) in [6.07, 6.45) is 0.0114. The highest BCUT2D eigenvalue weighted by Gasteiger charge is 2.28. The lowest BCUT2D eigenvalue weighted by atomic mass is 10.1. The Labute approximate surface area is 197 Å². The summed E-state index contributed by atoms with van der Waals surface area (Å²) in [5.41, 5.74) is 0.00208. The van der Waals surface area contributed by atoms with Crippen LogP contribution >= 0.6 is 11.3 Å². The van der Waals surface area contributed by atoms with Gasteiger partial charge in [0, 0.05) is 12.1 Å². The van der Waals surface area contributed by atoms with Crippen molar-refractivity contribution in [1.82, 2.24) is 10.3 Å². The lowest BCUT2D eigenvalue weighted by Gasteiger charge is -2.25. The van der Waals surface area contributed by atoms with Gasteiger partial charge in [-0.25, -0.2) is 9.78 Å². The summed E-state index contributed by atoms with van der Waals surface area (Å²) in [4.78, 5) is 41.4. The van der Waals surface area contributed by atoms with E-state index in [9.17, 15) is 14.4 Å². The van der Waals surface area contributed by atoms with E-state index in [1.54, 1.807) is 59.7 Å². The SMILES string of the molecule is CC(C)(C)OC(=O)CCC(NC(=O)CNc1ccc2nc(C#N)sc2c1)C(=O)OC(C)(C)C. The van der Waals surface area contributed by atoms with Crippen LogP contribution in [0.15, 0.2) is 18.2 Å². The van der Waals surface area contributed by atoms with Gasteiger partial charge in [-0.05, 0) is 66.2 Å². The minimum Gasteiger partial charge on any atom is -0.460 e. The highest BCUT2D eigenvalue weighted by Crippen LogP contribution is 2.24. The summed E-state index contributed by atoms with van der Waals surface area (Å²) in [6, 6.07) is 6.34. The predicted octanol–water partition coefficient (Wildman–Crippen LogP) is 3.53. The molecule has 1 atom stereocenters. The number of nitrogens with one attached hydrogen (secondary N) is 2. The molecule has 9 nitrogen and oxygen atoms in total. The van der Waals surface area contributed by atoms with Crippen molar-refractivity contribution >= 4 is 45.1 Å². The highest BCUT2D eigenvalue weighted by molar-refractivity contribution is 7.19. The van der Waals surface area contributed by atoms with E-state index < -0.39 is 35.1 Å². The topological polar surface area (TPSA) is 130 Å². The lowest BCUT2D eigenvalue weighted by molar-refractivity contribution is -0.160. The number of benzene rings is 1. The molecule has 1 aromatic heterocycles. The Morgan fingerprint density at radius 2 is 1.79 bits per heavy atom. The molecule has 2 aromatic rings. The molecule has 0 aliphatic heterocycles. The van der Waals surface area contributed by atoms with Crippen molar-refractivity contribution < 1.29 is 23.9 Å². The van der Waals surface area contributed by atoms with Crippen LogP contribution < -0.4 is 10.6 Å². The Balaban J connectivity index is 1.99. The van der Waals surface area contributed by atoms with Gasteiger partial charge < -0.3 is 20.1 Å². The number of carbonyl (C=O) groups excluding carboxylic acids is 3. The van der Waals surface area contributed by atoms with Crippen LogP contribution in [0.4, 0.5) is 5.69 Å². The Morgan fingerprint density at radius 3 is 2.39 bits per heavy atom. The van der Waals surface area contributed by atoms with Crippen molar-refractivity contribution in [3.05, 3.63) is 23.2 Å². The monoisotopic (exact) mass is 474 g/mol. The van der Waals surface area contributed by atoms with E-state index in [2.05, 4.69) is 15.6 Å². The molecule has 178 valence electrons. The first-order valence-electron chi connectivity index (χ1n) is 10.5. The molecule has 0 fully saturated rings. The van der Waals surface area contributed by atoms with Crippen LogP contribution in [0, 0.1) is 11.3 Å². The summed E-state index contributed by atoms with van der Waals surface area (Å²) in [7, 11) is 0. The van der Waals surface area contributed by atoms with E-state index in [1.807, 2.05) is 6.07 Å². The number of amides is 1. The molecule has 0 saturated carbocycles. The number of rotatable bonds is 8. The molecule has 0 aliphatic carbocycles. The van der Waals surface area contributed by atoms with Gasteiger partial charge in [0.2, 0.25) is 5.91 Å². The minimum atomic E-state index is -0.992. The molecule has 0 saturated heterocycles. The van der Waals surface area contributed by atoms with Gasteiger partial charge in [0.1, 0.15) is 23.3 Å². The van der Waals surface area contributed by atoms with Crippen molar-refractivity contribution in [1.29, 1.82) is 5.26 Å². The van der Waals surface area contributed by atoms with Gasteiger partial charge >= 0.3 is 11.9 Å². The van der Waals surface area contributed by atoms with E-state index in [4.69, 9.17) is 14.7 Å². The molecule has 1 amide bonds. The van der Waals surface area contributed by atoms with Gasteiger partial charge in [-0.3, -0.25) is 9.59 Å². The van der Waals surface area contributed by atoms with Crippen molar-refractivity contribution in [2.24, 2.45) is 0 Å². The van der Waals surface area contributed by atoms with Gasteiger partial charge in [0.15, 0.2) is 5.01 Å². The zero-order chi connectivity index (χ0) is 24.8. The zero-order valence-electron chi connectivity index (χ0n) is 19.8.